The molecule has 0 bridgehead atoms. The molecule has 0 N–H and O–H groups in total. The first-order chi connectivity index (χ1) is 10.6. The average molecular weight is 298 g/mol. The minimum atomic E-state index is 0.307. The van der Waals surface area contributed by atoms with Crippen LogP contribution in [-0.2, 0) is 9.59 Å². The van der Waals surface area contributed by atoms with Gasteiger partial charge in [0.05, 0.1) is 0 Å². The fraction of sp³-hybridized carbons (Fsp3) is 0.700. The predicted octanol–water partition coefficient (Wildman–Crippen LogP) is 4.11. The number of allylic oxidation sites excluding steroid dienone is 4. The van der Waals surface area contributed by atoms with E-state index in [9.17, 15) is 9.59 Å². The molecular formula is C20H26O2. The minimum Gasteiger partial charge on any atom is -0.303 e. The fourth-order valence-electron chi connectivity index (χ4n) is 6.27. The first kappa shape index (κ1) is 14.4. The fourth-order valence-corrected chi connectivity index (χ4v) is 6.27. The molecule has 4 rings (SSSR count). The summed E-state index contributed by atoms with van der Waals surface area (Å²) in [7, 11) is 0. The Morgan fingerprint density at radius 3 is 2.95 bits per heavy atom. The molecule has 0 radical (unpaired) electrons. The van der Waals surface area contributed by atoms with Crippen LogP contribution in [-0.4, -0.2) is 12.1 Å². The van der Waals surface area contributed by atoms with Crippen LogP contribution < -0.4 is 0 Å². The summed E-state index contributed by atoms with van der Waals surface area (Å²) in [6.07, 6.45) is 15.3. The third kappa shape index (κ3) is 1.99. The number of ketones is 1. The van der Waals surface area contributed by atoms with Gasteiger partial charge in [-0.1, -0.05) is 19.1 Å². The molecule has 0 aliphatic heterocycles. The van der Waals surface area contributed by atoms with Crippen LogP contribution in [0.5, 0.6) is 0 Å². The summed E-state index contributed by atoms with van der Waals surface area (Å²) < 4.78 is 0. The van der Waals surface area contributed by atoms with Crippen LogP contribution in [0.2, 0.25) is 0 Å². The van der Waals surface area contributed by atoms with E-state index in [1.165, 1.54) is 31.3 Å². The van der Waals surface area contributed by atoms with E-state index in [0.717, 1.165) is 37.4 Å². The van der Waals surface area contributed by atoms with Crippen LogP contribution in [0.1, 0.15) is 51.9 Å². The van der Waals surface area contributed by atoms with Gasteiger partial charge in [0.1, 0.15) is 6.29 Å². The van der Waals surface area contributed by atoms with Crippen LogP contribution in [0.4, 0.5) is 0 Å². The van der Waals surface area contributed by atoms with Gasteiger partial charge in [-0.25, -0.2) is 0 Å². The lowest BCUT2D eigenvalue weighted by Crippen LogP contribution is -2.45. The van der Waals surface area contributed by atoms with Gasteiger partial charge in [0.2, 0.25) is 0 Å². The molecule has 0 spiro atoms. The molecule has 2 heteroatoms. The number of hydrogen-bond donors (Lipinski definition) is 0. The third-order valence-corrected chi connectivity index (χ3v) is 7.45. The molecule has 4 aliphatic carbocycles. The van der Waals surface area contributed by atoms with Gasteiger partial charge in [-0.15, -0.1) is 0 Å². The van der Waals surface area contributed by atoms with Crippen LogP contribution >= 0.6 is 0 Å². The first-order valence-corrected chi connectivity index (χ1v) is 9.00. The van der Waals surface area contributed by atoms with Crippen molar-refractivity contribution >= 4 is 12.1 Å². The van der Waals surface area contributed by atoms with Crippen molar-refractivity contribution in [3.8, 4) is 0 Å². The lowest BCUT2D eigenvalue weighted by molar-refractivity contribution is -0.115. The Morgan fingerprint density at radius 2 is 2.14 bits per heavy atom. The normalized spacial score (nSPS) is 46.5. The molecule has 2 nitrogen and oxygen atoms in total. The van der Waals surface area contributed by atoms with Gasteiger partial charge in [-0.3, -0.25) is 4.79 Å². The van der Waals surface area contributed by atoms with Gasteiger partial charge in [0, 0.05) is 12.8 Å². The maximum atomic E-state index is 11.7. The lowest BCUT2D eigenvalue weighted by atomic mass is 9.53. The zero-order valence-electron chi connectivity index (χ0n) is 13.5. The average Bonchev–Trinajstić information content (AvgIpc) is 2.84. The Kier molecular flexibility index (Phi) is 3.39. The highest BCUT2D eigenvalue weighted by Crippen LogP contribution is 2.62. The molecule has 6 atom stereocenters. The van der Waals surface area contributed by atoms with Crippen molar-refractivity contribution in [1.29, 1.82) is 0 Å². The molecule has 4 unspecified atom stereocenters. The zero-order chi connectivity index (χ0) is 15.3. The van der Waals surface area contributed by atoms with E-state index in [4.69, 9.17) is 0 Å². The monoisotopic (exact) mass is 298 g/mol. The summed E-state index contributed by atoms with van der Waals surface area (Å²) >= 11 is 0. The molecule has 0 aromatic rings. The highest BCUT2D eigenvalue weighted by atomic mass is 16.1. The summed E-state index contributed by atoms with van der Waals surface area (Å²) in [5, 5.41) is 0. The minimum absolute atomic E-state index is 0.307. The van der Waals surface area contributed by atoms with Crippen LogP contribution in [0.15, 0.2) is 23.8 Å². The van der Waals surface area contributed by atoms with Crippen LogP contribution in [0, 0.1) is 35.0 Å². The van der Waals surface area contributed by atoms with E-state index in [0.29, 0.717) is 29.0 Å². The van der Waals surface area contributed by atoms with E-state index < -0.39 is 0 Å². The van der Waals surface area contributed by atoms with Crippen molar-refractivity contribution in [1.82, 2.24) is 0 Å². The molecule has 0 saturated heterocycles. The maximum absolute atomic E-state index is 11.7. The van der Waals surface area contributed by atoms with Crippen LogP contribution in [0.25, 0.3) is 0 Å². The Balaban J connectivity index is 1.65. The van der Waals surface area contributed by atoms with Gasteiger partial charge < -0.3 is 4.79 Å². The number of fused-ring (bicyclic) bond motifs is 5. The molecule has 2 fully saturated rings. The lowest BCUT2D eigenvalue weighted by Gasteiger charge is -2.52. The second kappa shape index (κ2) is 5.18. The van der Waals surface area contributed by atoms with Gasteiger partial charge >= 0.3 is 0 Å². The Morgan fingerprint density at radius 1 is 1.27 bits per heavy atom. The summed E-state index contributed by atoms with van der Waals surface area (Å²) in [5.74, 6) is 3.66. The molecule has 22 heavy (non-hydrogen) atoms. The number of aldehydes is 1. The van der Waals surface area contributed by atoms with E-state index in [-0.39, 0.29) is 0 Å². The summed E-state index contributed by atoms with van der Waals surface area (Å²) in [4.78, 5) is 22.7. The van der Waals surface area contributed by atoms with Crippen molar-refractivity contribution in [3.63, 3.8) is 0 Å². The van der Waals surface area contributed by atoms with Crippen molar-refractivity contribution in [2.45, 2.75) is 51.9 Å². The number of hydrogen-bond acceptors (Lipinski definition) is 2. The predicted molar refractivity (Wildman–Crippen MR) is 86.2 cm³/mol. The largest absolute Gasteiger partial charge is 0.303 e. The zero-order valence-corrected chi connectivity index (χ0v) is 13.5. The molecule has 4 aliphatic rings. The summed E-state index contributed by atoms with van der Waals surface area (Å²) in [5.41, 5.74) is 1.65. The molecule has 0 heterocycles. The van der Waals surface area contributed by atoms with Crippen molar-refractivity contribution in [2.75, 3.05) is 0 Å². The Hall–Kier alpha value is -1.18. The quantitative estimate of drug-likeness (QED) is 0.719. The molecule has 2 saturated carbocycles. The van der Waals surface area contributed by atoms with Crippen molar-refractivity contribution in [2.24, 2.45) is 35.0 Å². The van der Waals surface area contributed by atoms with Gasteiger partial charge in [0.25, 0.3) is 0 Å². The van der Waals surface area contributed by atoms with E-state index in [1.54, 1.807) is 0 Å². The topological polar surface area (TPSA) is 34.1 Å². The Labute approximate surface area is 133 Å². The molecule has 0 amide bonds. The van der Waals surface area contributed by atoms with Crippen molar-refractivity contribution in [3.05, 3.63) is 23.8 Å². The van der Waals surface area contributed by atoms with Gasteiger partial charge in [0.15, 0.2) is 5.78 Å². The first-order valence-electron chi connectivity index (χ1n) is 9.00. The van der Waals surface area contributed by atoms with E-state index >= 15 is 0 Å². The molecule has 0 aromatic carbocycles. The van der Waals surface area contributed by atoms with Gasteiger partial charge in [-0.2, -0.15) is 0 Å². The Bertz CT molecular complexity index is 558. The maximum Gasteiger partial charge on any atom is 0.155 e. The number of carbonyl (C=O) groups is 2. The number of rotatable bonds is 2. The second-order valence-electron chi connectivity index (χ2n) is 8.18. The van der Waals surface area contributed by atoms with E-state index in [2.05, 4.69) is 19.1 Å². The highest BCUT2D eigenvalue weighted by Gasteiger charge is 2.54. The molecular weight excluding hydrogens is 272 g/mol. The van der Waals surface area contributed by atoms with Crippen molar-refractivity contribution < 1.29 is 9.59 Å². The SMILES string of the molecule is C[C@]12CCC3C4CCC(=O)C=C4C=CC3C1CC[C@@H]2CC=O. The molecule has 118 valence electrons. The summed E-state index contributed by atoms with van der Waals surface area (Å²) in [6, 6.07) is 0. The smallest absolute Gasteiger partial charge is 0.155 e. The van der Waals surface area contributed by atoms with Gasteiger partial charge in [-0.05, 0) is 78.8 Å². The third-order valence-electron chi connectivity index (χ3n) is 7.45. The second-order valence-corrected chi connectivity index (χ2v) is 8.18. The number of carbonyl (C=O) groups excluding carboxylic acids is 2. The summed E-state index contributed by atoms with van der Waals surface area (Å²) in [6.45, 7) is 2.44. The van der Waals surface area contributed by atoms with Crippen LogP contribution in [0.3, 0.4) is 0 Å². The standard InChI is InChI=1S/C20H26O2/c1-20-10-8-17-16-6-4-15(22)12-13(16)2-5-18(17)19(20)7-3-14(20)9-11-21/h2,5,11-12,14,16-19H,3-4,6-10H2,1H3/t14-,16?,17?,18?,19?,20-/m1/s1. The highest BCUT2D eigenvalue weighted by molar-refractivity contribution is 5.91. The van der Waals surface area contributed by atoms with E-state index in [1.807, 2.05) is 6.08 Å². The molecule has 0 aromatic heterocycles.